The quantitative estimate of drug-likeness (QED) is 0.783. The third-order valence-electron chi connectivity index (χ3n) is 3.27. The first-order valence-electron chi connectivity index (χ1n) is 6.24. The fraction of sp³-hybridized carbons (Fsp3) is 0.538. The van der Waals surface area contributed by atoms with E-state index in [1.807, 2.05) is 19.1 Å². The van der Waals surface area contributed by atoms with Gasteiger partial charge in [0.1, 0.15) is 5.60 Å². The standard InChI is InChI=1S/C13H18N2O3S/c1-10-13(17,4-7-18-10)9-15-12(16)8-19-11-2-5-14-6-3-11/h2-3,5-6,10,17H,4,7-9H2,1H3,(H,15,16). The van der Waals surface area contributed by atoms with Gasteiger partial charge in [-0.3, -0.25) is 9.78 Å². The molecule has 0 bridgehead atoms. The normalized spacial score (nSPS) is 26.3. The number of amides is 1. The van der Waals surface area contributed by atoms with Crippen molar-refractivity contribution in [3.8, 4) is 0 Å². The second kappa shape index (κ2) is 6.36. The van der Waals surface area contributed by atoms with Gasteiger partial charge in [-0.25, -0.2) is 0 Å². The Morgan fingerprint density at radius 3 is 3.00 bits per heavy atom. The number of aliphatic hydroxyl groups is 1. The molecule has 1 amide bonds. The fourth-order valence-corrected chi connectivity index (χ4v) is 2.60. The molecule has 2 heterocycles. The molecule has 2 atom stereocenters. The average molecular weight is 282 g/mol. The summed E-state index contributed by atoms with van der Waals surface area (Å²) in [5.41, 5.74) is -0.934. The summed E-state index contributed by atoms with van der Waals surface area (Å²) in [6.07, 6.45) is 3.72. The minimum absolute atomic E-state index is 0.0886. The van der Waals surface area contributed by atoms with Crippen LogP contribution in [0.2, 0.25) is 0 Å². The number of rotatable bonds is 5. The van der Waals surface area contributed by atoms with Gasteiger partial charge in [-0.2, -0.15) is 0 Å². The van der Waals surface area contributed by atoms with Gasteiger partial charge in [-0.1, -0.05) is 0 Å². The Bertz CT molecular complexity index is 429. The minimum Gasteiger partial charge on any atom is -0.385 e. The van der Waals surface area contributed by atoms with Gasteiger partial charge in [-0.05, 0) is 19.1 Å². The lowest BCUT2D eigenvalue weighted by Crippen LogP contribution is -2.47. The van der Waals surface area contributed by atoms with Gasteiger partial charge in [0.25, 0.3) is 0 Å². The molecular weight excluding hydrogens is 264 g/mol. The van der Waals surface area contributed by atoms with Crippen molar-refractivity contribution in [3.63, 3.8) is 0 Å². The molecule has 1 aromatic heterocycles. The lowest BCUT2D eigenvalue weighted by Gasteiger charge is -2.26. The van der Waals surface area contributed by atoms with E-state index in [0.29, 0.717) is 18.8 Å². The molecular formula is C13H18N2O3S. The summed E-state index contributed by atoms with van der Waals surface area (Å²) in [5, 5.41) is 13.0. The van der Waals surface area contributed by atoms with Gasteiger partial charge in [0.2, 0.25) is 5.91 Å². The highest BCUT2D eigenvalue weighted by Gasteiger charge is 2.39. The Morgan fingerprint density at radius 2 is 2.37 bits per heavy atom. The number of carbonyl (C=O) groups is 1. The smallest absolute Gasteiger partial charge is 0.230 e. The zero-order chi connectivity index (χ0) is 13.7. The Morgan fingerprint density at radius 1 is 1.63 bits per heavy atom. The van der Waals surface area contributed by atoms with E-state index in [0.717, 1.165) is 4.90 Å². The number of aromatic nitrogens is 1. The van der Waals surface area contributed by atoms with Crippen LogP contribution in [-0.2, 0) is 9.53 Å². The average Bonchev–Trinajstić information content (AvgIpc) is 2.76. The molecule has 2 N–H and O–H groups in total. The van der Waals surface area contributed by atoms with Crippen LogP contribution in [0.1, 0.15) is 13.3 Å². The second-order valence-electron chi connectivity index (χ2n) is 4.61. The lowest BCUT2D eigenvalue weighted by molar-refractivity contribution is -0.120. The molecule has 104 valence electrons. The molecule has 6 heteroatoms. The summed E-state index contributed by atoms with van der Waals surface area (Å²) in [5.74, 6) is 0.240. The lowest BCUT2D eigenvalue weighted by atomic mass is 9.97. The number of carbonyl (C=O) groups excluding carboxylic acids is 1. The van der Waals surface area contributed by atoms with Crippen molar-refractivity contribution in [2.75, 3.05) is 18.9 Å². The van der Waals surface area contributed by atoms with Gasteiger partial charge in [0.15, 0.2) is 0 Å². The molecule has 0 spiro atoms. The molecule has 1 aliphatic heterocycles. The third-order valence-corrected chi connectivity index (χ3v) is 4.28. The Labute approximate surface area is 116 Å². The van der Waals surface area contributed by atoms with Crippen LogP contribution in [0.25, 0.3) is 0 Å². The number of pyridine rings is 1. The molecule has 1 aromatic rings. The van der Waals surface area contributed by atoms with Gasteiger partial charge >= 0.3 is 0 Å². The molecule has 2 unspecified atom stereocenters. The van der Waals surface area contributed by atoms with Crippen LogP contribution < -0.4 is 5.32 Å². The summed E-state index contributed by atoms with van der Waals surface area (Å²) >= 11 is 1.45. The van der Waals surface area contributed by atoms with Crippen molar-refractivity contribution in [2.45, 2.75) is 29.9 Å². The Hall–Kier alpha value is -1.11. The number of ether oxygens (including phenoxy) is 1. The number of thioether (sulfide) groups is 1. The molecule has 0 aromatic carbocycles. The molecule has 19 heavy (non-hydrogen) atoms. The van der Waals surface area contributed by atoms with Crippen LogP contribution in [0.5, 0.6) is 0 Å². The van der Waals surface area contributed by atoms with Crippen molar-refractivity contribution < 1.29 is 14.6 Å². The van der Waals surface area contributed by atoms with E-state index >= 15 is 0 Å². The van der Waals surface area contributed by atoms with E-state index in [4.69, 9.17) is 4.74 Å². The van der Waals surface area contributed by atoms with Crippen LogP contribution in [0.15, 0.2) is 29.4 Å². The largest absolute Gasteiger partial charge is 0.385 e. The summed E-state index contributed by atoms with van der Waals surface area (Å²) in [4.78, 5) is 16.6. The van der Waals surface area contributed by atoms with Crippen LogP contribution in [0, 0.1) is 0 Å². The Kier molecular flexibility index (Phi) is 4.79. The molecule has 2 rings (SSSR count). The first-order chi connectivity index (χ1) is 9.10. The summed E-state index contributed by atoms with van der Waals surface area (Å²) in [6.45, 7) is 2.61. The predicted molar refractivity (Wildman–Crippen MR) is 73.0 cm³/mol. The number of nitrogens with zero attached hydrogens (tertiary/aromatic N) is 1. The third kappa shape index (κ3) is 3.92. The summed E-state index contributed by atoms with van der Waals surface area (Å²) in [7, 11) is 0. The van der Waals surface area contributed by atoms with Crippen molar-refractivity contribution in [3.05, 3.63) is 24.5 Å². The van der Waals surface area contributed by atoms with E-state index in [9.17, 15) is 9.90 Å². The highest BCUT2D eigenvalue weighted by atomic mass is 32.2. The van der Waals surface area contributed by atoms with E-state index in [2.05, 4.69) is 10.3 Å². The van der Waals surface area contributed by atoms with Crippen LogP contribution in [0.4, 0.5) is 0 Å². The van der Waals surface area contributed by atoms with Crippen molar-refractivity contribution in [1.82, 2.24) is 10.3 Å². The fourth-order valence-electron chi connectivity index (χ4n) is 1.89. The van der Waals surface area contributed by atoms with Crippen molar-refractivity contribution in [1.29, 1.82) is 0 Å². The highest BCUT2D eigenvalue weighted by Crippen LogP contribution is 2.24. The van der Waals surface area contributed by atoms with Gasteiger partial charge in [0, 0.05) is 36.9 Å². The second-order valence-corrected chi connectivity index (χ2v) is 5.66. The molecule has 5 nitrogen and oxygen atoms in total. The van der Waals surface area contributed by atoms with Crippen LogP contribution in [0.3, 0.4) is 0 Å². The topological polar surface area (TPSA) is 71.5 Å². The maximum atomic E-state index is 11.7. The molecule has 0 aliphatic carbocycles. The van der Waals surface area contributed by atoms with E-state index in [1.165, 1.54) is 11.8 Å². The number of nitrogens with one attached hydrogen (secondary N) is 1. The maximum absolute atomic E-state index is 11.7. The number of hydrogen-bond acceptors (Lipinski definition) is 5. The van der Waals surface area contributed by atoms with Gasteiger partial charge < -0.3 is 15.2 Å². The van der Waals surface area contributed by atoms with Crippen LogP contribution >= 0.6 is 11.8 Å². The zero-order valence-corrected chi connectivity index (χ0v) is 11.7. The zero-order valence-electron chi connectivity index (χ0n) is 10.8. The molecule has 1 fully saturated rings. The summed E-state index contributed by atoms with van der Waals surface area (Å²) < 4.78 is 5.32. The molecule has 1 aliphatic rings. The first kappa shape index (κ1) is 14.3. The first-order valence-corrected chi connectivity index (χ1v) is 7.22. The number of hydrogen-bond donors (Lipinski definition) is 2. The van der Waals surface area contributed by atoms with E-state index in [1.54, 1.807) is 12.4 Å². The highest BCUT2D eigenvalue weighted by molar-refractivity contribution is 8.00. The SMILES string of the molecule is CC1OCCC1(O)CNC(=O)CSc1ccncc1. The van der Waals surface area contributed by atoms with Gasteiger partial charge in [0.05, 0.1) is 11.9 Å². The predicted octanol–water partition coefficient (Wildman–Crippen LogP) is 0.830. The molecule has 0 radical (unpaired) electrons. The van der Waals surface area contributed by atoms with Crippen molar-refractivity contribution >= 4 is 17.7 Å². The summed E-state index contributed by atoms with van der Waals surface area (Å²) in [6, 6.07) is 3.72. The Balaban J connectivity index is 1.73. The van der Waals surface area contributed by atoms with Crippen LogP contribution in [-0.4, -0.2) is 46.6 Å². The monoisotopic (exact) mass is 282 g/mol. The molecule has 0 saturated carbocycles. The van der Waals surface area contributed by atoms with E-state index in [-0.39, 0.29) is 18.6 Å². The van der Waals surface area contributed by atoms with Crippen molar-refractivity contribution in [2.24, 2.45) is 0 Å². The molecule has 1 saturated heterocycles. The minimum atomic E-state index is -0.934. The van der Waals surface area contributed by atoms with Gasteiger partial charge in [-0.15, -0.1) is 11.8 Å². The maximum Gasteiger partial charge on any atom is 0.230 e. The van der Waals surface area contributed by atoms with E-state index < -0.39 is 5.60 Å².